The molecule has 0 radical (unpaired) electrons. The second kappa shape index (κ2) is 10.6. The molecule has 0 atom stereocenters. The van der Waals surface area contributed by atoms with E-state index in [9.17, 15) is 13.2 Å². The number of hydrogen-bond donors (Lipinski definition) is 2. The van der Waals surface area contributed by atoms with Crippen LogP contribution in [0.25, 0.3) is 0 Å². The van der Waals surface area contributed by atoms with Gasteiger partial charge in [0.05, 0.1) is 21.9 Å². The third-order valence-corrected chi connectivity index (χ3v) is 7.02. The molecule has 0 saturated carbocycles. The molecule has 0 fully saturated rings. The number of amides is 1. The molecule has 2 N–H and O–H groups in total. The van der Waals surface area contributed by atoms with E-state index >= 15 is 0 Å². The van der Waals surface area contributed by atoms with Crippen LogP contribution in [0.2, 0.25) is 0 Å². The Balaban J connectivity index is 1.55. The van der Waals surface area contributed by atoms with Gasteiger partial charge in [0, 0.05) is 32.5 Å². The van der Waals surface area contributed by atoms with Gasteiger partial charge in [-0.05, 0) is 36.8 Å². The Labute approximate surface area is 193 Å². The van der Waals surface area contributed by atoms with Crippen molar-refractivity contribution < 1.29 is 17.6 Å². The van der Waals surface area contributed by atoms with E-state index in [4.69, 9.17) is 4.42 Å². The van der Waals surface area contributed by atoms with Crippen LogP contribution in [0.4, 0.5) is 11.6 Å². The van der Waals surface area contributed by atoms with E-state index in [-0.39, 0.29) is 22.1 Å². The lowest BCUT2D eigenvalue weighted by Gasteiger charge is -2.13. The number of hydrogen-bond acceptors (Lipinski definition) is 6. The minimum absolute atomic E-state index is 0.136. The Hall–Kier alpha value is -2.91. The van der Waals surface area contributed by atoms with E-state index < -0.39 is 10.0 Å². The van der Waals surface area contributed by atoms with Crippen LogP contribution in [0.3, 0.4) is 0 Å². The quantitative estimate of drug-likeness (QED) is 0.431. The number of para-hydroxylation sites is 1. The largest absolute Gasteiger partial charge is 0.444 e. The molecule has 170 valence electrons. The predicted molar refractivity (Wildman–Crippen MR) is 130 cm³/mol. The van der Waals surface area contributed by atoms with Gasteiger partial charge in [0.1, 0.15) is 5.76 Å². The van der Waals surface area contributed by atoms with Crippen molar-refractivity contribution >= 4 is 39.3 Å². The molecule has 0 aliphatic rings. The van der Waals surface area contributed by atoms with Gasteiger partial charge in [-0.25, -0.2) is 8.42 Å². The zero-order valence-corrected chi connectivity index (χ0v) is 19.9. The molecule has 2 aromatic carbocycles. The van der Waals surface area contributed by atoms with Gasteiger partial charge in [0.25, 0.3) is 15.9 Å². The molecule has 0 aliphatic carbocycles. The lowest BCUT2D eigenvalue weighted by atomic mass is 10.2. The van der Waals surface area contributed by atoms with Crippen molar-refractivity contribution in [1.29, 1.82) is 0 Å². The number of rotatable bonds is 10. The number of furan rings is 1. The fourth-order valence-corrected chi connectivity index (χ4v) is 4.90. The molecule has 32 heavy (non-hydrogen) atoms. The Bertz CT molecular complexity index is 1160. The molecule has 1 aromatic heterocycles. The summed E-state index contributed by atoms with van der Waals surface area (Å²) in [6.45, 7) is 2.46. The predicted octanol–water partition coefficient (Wildman–Crippen LogP) is 4.12. The molecular formula is C23H27N3O4S2. The standard InChI is InChI=1S/C23H27N3O4S2/c1-17-15-22(26(2)3)30-21(17)16-31-14-13-24-23(27)19-11-7-8-12-20(19)25-32(28,29)18-9-5-4-6-10-18/h4-12,15,25H,13-14,16H2,1-3H3,(H,24,27). The van der Waals surface area contributed by atoms with E-state index in [0.29, 0.717) is 18.1 Å². The number of carbonyl (C=O) groups excluding carboxylic acids is 1. The molecule has 1 heterocycles. The van der Waals surface area contributed by atoms with Crippen LogP contribution < -0.4 is 14.9 Å². The molecule has 0 spiro atoms. The number of thioether (sulfide) groups is 1. The summed E-state index contributed by atoms with van der Waals surface area (Å²) in [7, 11) is 0.0807. The highest BCUT2D eigenvalue weighted by Gasteiger charge is 2.18. The average molecular weight is 474 g/mol. The highest BCUT2D eigenvalue weighted by Crippen LogP contribution is 2.25. The molecule has 9 heteroatoms. The van der Waals surface area contributed by atoms with Crippen LogP contribution in [0.15, 0.2) is 70.0 Å². The minimum atomic E-state index is -3.79. The van der Waals surface area contributed by atoms with Gasteiger partial charge in [0.2, 0.25) is 0 Å². The van der Waals surface area contributed by atoms with Crippen molar-refractivity contribution in [2.45, 2.75) is 17.6 Å². The summed E-state index contributed by atoms with van der Waals surface area (Å²) in [5, 5.41) is 2.86. The first-order valence-electron chi connectivity index (χ1n) is 10.1. The van der Waals surface area contributed by atoms with Crippen molar-refractivity contribution in [1.82, 2.24) is 5.32 Å². The monoisotopic (exact) mass is 473 g/mol. The Kier molecular flexibility index (Phi) is 7.87. The smallest absolute Gasteiger partial charge is 0.261 e. The summed E-state index contributed by atoms with van der Waals surface area (Å²) in [6, 6.07) is 16.6. The third kappa shape index (κ3) is 6.08. The molecule has 0 bridgehead atoms. The molecular weight excluding hydrogens is 446 g/mol. The van der Waals surface area contributed by atoms with Crippen molar-refractivity contribution in [3.63, 3.8) is 0 Å². The van der Waals surface area contributed by atoms with Gasteiger partial charge in [-0.15, -0.1) is 0 Å². The van der Waals surface area contributed by atoms with Crippen LogP contribution in [-0.2, 0) is 15.8 Å². The summed E-state index contributed by atoms with van der Waals surface area (Å²) < 4.78 is 33.6. The van der Waals surface area contributed by atoms with Crippen LogP contribution in [0, 0.1) is 6.92 Å². The highest BCUT2D eigenvalue weighted by atomic mass is 32.2. The van der Waals surface area contributed by atoms with E-state index in [1.807, 2.05) is 32.0 Å². The van der Waals surface area contributed by atoms with Crippen LogP contribution in [0.5, 0.6) is 0 Å². The van der Waals surface area contributed by atoms with E-state index in [1.165, 1.54) is 12.1 Å². The van der Waals surface area contributed by atoms with Gasteiger partial charge in [-0.2, -0.15) is 11.8 Å². The summed E-state index contributed by atoms with van der Waals surface area (Å²) in [4.78, 5) is 14.7. The summed E-state index contributed by atoms with van der Waals surface area (Å²) in [6.07, 6.45) is 0. The number of carbonyl (C=O) groups is 1. The Morgan fingerprint density at radius 1 is 1.06 bits per heavy atom. The van der Waals surface area contributed by atoms with E-state index in [1.54, 1.807) is 54.2 Å². The van der Waals surface area contributed by atoms with Gasteiger partial charge in [0.15, 0.2) is 5.88 Å². The lowest BCUT2D eigenvalue weighted by Crippen LogP contribution is -2.27. The van der Waals surface area contributed by atoms with E-state index in [2.05, 4.69) is 10.0 Å². The maximum atomic E-state index is 12.7. The topological polar surface area (TPSA) is 91.7 Å². The number of aryl methyl sites for hydroxylation is 1. The van der Waals surface area contributed by atoms with Crippen molar-refractivity contribution in [3.05, 3.63) is 77.6 Å². The second-order valence-electron chi connectivity index (χ2n) is 7.36. The molecule has 3 aromatic rings. The summed E-state index contributed by atoms with van der Waals surface area (Å²) >= 11 is 1.66. The molecule has 0 saturated heterocycles. The zero-order chi connectivity index (χ0) is 23.1. The number of sulfonamides is 1. The Morgan fingerprint density at radius 3 is 2.44 bits per heavy atom. The number of benzene rings is 2. The maximum absolute atomic E-state index is 12.7. The summed E-state index contributed by atoms with van der Waals surface area (Å²) in [5.74, 6) is 2.82. The minimum Gasteiger partial charge on any atom is -0.444 e. The molecule has 1 amide bonds. The highest BCUT2D eigenvalue weighted by molar-refractivity contribution is 7.98. The first-order chi connectivity index (χ1) is 15.3. The molecule has 0 aliphatic heterocycles. The first-order valence-corrected chi connectivity index (χ1v) is 12.7. The number of nitrogens with one attached hydrogen (secondary N) is 2. The lowest BCUT2D eigenvalue weighted by molar-refractivity contribution is 0.0957. The van der Waals surface area contributed by atoms with Crippen LogP contribution >= 0.6 is 11.8 Å². The maximum Gasteiger partial charge on any atom is 0.261 e. The van der Waals surface area contributed by atoms with Crippen LogP contribution in [0.1, 0.15) is 21.7 Å². The third-order valence-electron chi connectivity index (χ3n) is 4.68. The average Bonchev–Trinajstić information content (AvgIpc) is 3.15. The van der Waals surface area contributed by atoms with Gasteiger partial charge in [-0.1, -0.05) is 30.3 Å². The Morgan fingerprint density at radius 2 is 1.75 bits per heavy atom. The number of anilines is 2. The van der Waals surface area contributed by atoms with Gasteiger partial charge in [-0.3, -0.25) is 9.52 Å². The van der Waals surface area contributed by atoms with Gasteiger partial charge < -0.3 is 14.6 Å². The molecule has 7 nitrogen and oxygen atoms in total. The fourth-order valence-electron chi connectivity index (χ4n) is 2.94. The fraction of sp³-hybridized carbons (Fsp3) is 0.261. The van der Waals surface area contributed by atoms with Crippen molar-refractivity contribution in [3.8, 4) is 0 Å². The number of nitrogens with zero attached hydrogens (tertiary/aromatic N) is 1. The SMILES string of the molecule is Cc1cc(N(C)C)oc1CSCCNC(=O)c1ccccc1NS(=O)(=O)c1ccccc1. The van der Waals surface area contributed by atoms with Gasteiger partial charge >= 0.3 is 0 Å². The normalized spacial score (nSPS) is 11.2. The van der Waals surface area contributed by atoms with E-state index in [0.717, 1.165) is 17.2 Å². The van der Waals surface area contributed by atoms with Crippen LogP contribution in [-0.4, -0.2) is 40.7 Å². The first kappa shape index (κ1) is 23.7. The molecule has 3 rings (SSSR count). The molecule has 0 unspecified atom stereocenters. The summed E-state index contributed by atoms with van der Waals surface area (Å²) in [5.41, 5.74) is 1.61. The zero-order valence-electron chi connectivity index (χ0n) is 18.3. The second-order valence-corrected chi connectivity index (χ2v) is 10.1. The van der Waals surface area contributed by atoms with Crippen molar-refractivity contribution in [2.24, 2.45) is 0 Å². The van der Waals surface area contributed by atoms with Crippen molar-refractivity contribution in [2.75, 3.05) is 36.0 Å².